The zero-order valence-corrected chi connectivity index (χ0v) is 16.3. The SMILES string of the molecule is CCCCCCCCOC(=O)CCCCC(=O)OC(C)CC(C)C. The van der Waals surface area contributed by atoms with Crippen molar-refractivity contribution >= 4 is 11.9 Å². The average molecular weight is 343 g/mol. The molecule has 4 heteroatoms. The van der Waals surface area contributed by atoms with Crippen LogP contribution in [0.5, 0.6) is 0 Å². The number of esters is 2. The third-order valence-corrected chi connectivity index (χ3v) is 3.91. The summed E-state index contributed by atoms with van der Waals surface area (Å²) in [7, 11) is 0. The van der Waals surface area contributed by atoms with Crippen LogP contribution in [0.3, 0.4) is 0 Å². The highest BCUT2D eigenvalue weighted by atomic mass is 16.5. The second-order valence-electron chi connectivity index (χ2n) is 7.13. The van der Waals surface area contributed by atoms with E-state index in [9.17, 15) is 9.59 Å². The van der Waals surface area contributed by atoms with Gasteiger partial charge in [-0.25, -0.2) is 0 Å². The van der Waals surface area contributed by atoms with E-state index in [1.165, 1.54) is 25.7 Å². The molecule has 0 rings (SSSR count). The van der Waals surface area contributed by atoms with Crippen LogP contribution >= 0.6 is 0 Å². The van der Waals surface area contributed by atoms with E-state index in [1.54, 1.807) is 0 Å². The monoisotopic (exact) mass is 342 g/mol. The summed E-state index contributed by atoms with van der Waals surface area (Å²) in [6.45, 7) is 8.88. The quantitative estimate of drug-likeness (QED) is 0.294. The van der Waals surface area contributed by atoms with Crippen LogP contribution in [-0.2, 0) is 19.1 Å². The normalized spacial score (nSPS) is 12.2. The van der Waals surface area contributed by atoms with Crippen LogP contribution in [0.1, 0.15) is 98.3 Å². The maximum absolute atomic E-state index is 11.7. The van der Waals surface area contributed by atoms with Gasteiger partial charge in [-0.2, -0.15) is 0 Å². The molecule has 0 fully saturated rings. The lowest BCUT2D eigenvalue weighted by molar-refractivity contribution is -0.149. The molecular formula is C20H38O4. The van der Waals surface area contributed by atoms with Crippen LogP contribution in [0, 0.1) is 5.92 Å². The van der Waals surface area contributed by atoms with E-state index < -0.39 is 0 Å². The van der Waals surface area contributed by atoms with Gasteiger partial charge < -0.3 is 9.47 Å². The first-order chi connectivity index (χ1) is 11.5. The maximum atomic E-state index is 11.7. The van der Waals surface area contributed by atoms with E-state index in [0.29, 0.717) is 38.2 Å². The molecule has 0 aromatic rings. The molecule has 0 heterocycles. The van der Waals surface area contributed by atoms with Gasteiger partial charge in [0.25, 0.3) is 0 Å². The summed E-state index contributed by atoms with van der Waals surface area (Å²) in [5.41, 5.74) is 0. The van der Waals surface area contributed by atoms with Gasteiger partial charge in [0.05, 0.1) is 12.7 Å². The van der Waals surface area contributed by atoms with Crippen molar-refractivity contribution in [3.8, 4) is 0 Å². The Balaban J connectivity index is 3.46. The van der Waals surface area contributed by atoms with Crippen LogP contribution in [0.15, 0.2) is 0 Å². The molecular weight excluding hydrogens is 304 g/mol. The Kier molecular flexibility index (Phi) is 14.8. The number of hydrogen-bond acceptors (Lipinski definition) is 4. The molecule has 0 radical (unpaired) electrons. The van der Waals surface area contributed by atoms with Crippen molar-refractivity contribution in [2.45, 2.75) is 104 Å². The Morgan fingerprint density at radius 1 is 0.792 bits per heavy atom. The van der Waals surface area contributed by atoms with Crippen LogP contribution < -0.4 is 0 Å². The molecule has 0 aromatic carbocycles. The molecule has 24 heavy (non-hydrogen) atoms. The summed E-state index contributed by atoms with van der Waals surface area (Å²) in [5, 5.41) is 0. The average Bonchev–Trinajstić information content (AvgIpc) is 2.49. The second kappa shape index (κ2) is 15.5. The van der Waals surface area contributed by atoms with E-state index in [0.717, 1.165) is 19.3 Å². The van der Waals surface area contributed by atoms with Gasteiger partial charge in [0, 0.05) is 12.8 Å². The summed E-state index contributed by atoms with van der Waals surface area (Å²) in [6.07, 6.45) is 10.1. The van der Waals surface area contributed by atoms with Gasteiger partial charge in [0.1, 0.15) is 0 Å². The number of carbonyl (C=O) groups excluding carboxylic acids is 2. The third-order valence-electron chi connectivity index (χ3n) is 3.91. The van der Waals surface area contributed by atoms with E-state index >= 15 is 0 Å². The molecule has 1 atom stereocenters. The van der Waals surface area contributed by atoms with Gasteiger partial charge in [-0.1, -0.05) is 52.9 Å². The molecule has 0 aliphatic carbocycles. The maximum Gasteiger partial charge on any atom is 0.306 e. The Morgan fingerprint density at radius 3 is 2.00 bits per heavy atom. The van der Waals surface area contributed by atoms with Crippen molar-refractivity contribution in [1.29, 1.82) is 0 Å². The van der Waals surface area contributed by atoms with E-state index in [1.807, 2.05) is 6.92 Å². The van der Waals surface area contributed by atoms with Gasteiger partial charge in [0.15, 0.2) is 0 Å². The van der Waals surface area contributed by atoms with E-state index in [2.05, 4.69) is 20.8 Å². The molecule has 0 aromatic heterocycles. The van der Waals surface area contributed by atoms with Crippen LogP contribution in [-0.4, -0.2) is 24.6 Å². The van der Waals surface area contributed by atoms with Crippen molar-refractivity contribution < 1.29 is 19.1 Å². The van der Waals surface area contributed by atoms with Crippen molar-refractivity contribution in [1.82, 2.24) is 0 Å². The molecule has 0 aliphatic heterocycles. The molecule has 0 aliphatic rings. The lowest BCUT2D eigenvalue weighted by Gasteiger charge is -2.15. The molecule has 1 unspecified atom stereocenters. The summed E-state index contributed by atoms with van der Waals surface area (Å²) >= 11 is 0. The molecule has 0 saturated carbocycles. The molecule has 0 saturated heterocycles. The molecule has 142 valence electrons. The first-order valence-corrected chi connectivity index (χ1v) is 9.80. The van der Waals surface area contributed by atoms with Crippen LogP contribution in [0.4, 0.5) is 0 Å². The van der Waals surface area contributed by atoms with Gasteiger partial charge >= 0.3 is 11.9 Å². The largest absolute Gasteiger partial charge is 0.466 e. The second-order valence-corrected chi connectivity index (χ2v) is 7.13. The molecule has 0 amide bonds. The van der Waals surface area contributed by atoms with Gasteiger partial charge in [-0.15, -0.1) is 0 Å². The van der Waals surface area contributed by atoms with Crippen molar-refractivity contribution in [3.63, 3.8) is 0 Å². The fourth-order valence-corrected chi connectivity index (χ4v) is 2.67. The number of unbranched alkanes of at least 4 members (excludes halogenated alkanes) is 6. The first-order valence-electron chi connectivity index (χ1n) is 9.80. The zero-order chi connectivity index (χ0) is 18.2. The number of rotatable bonds is 15. The van der Waals surface area contributed by atoms with Crippen molar-refractivity contribution in [3.05, 3.63) is 0 Å². The highest BCUT2D eigenvalue weighted by Crippen LogP contribution is 2.10. The Bertz CT molecular complexity index is 326. The minimum absolute atomic E-state index is 0.0280. The van der Waals surface area contributed by atoms with Gasteiger partial charge in [-0.05, 0) is 38.5 Å². The smallest absolute Gasteiger partial charge is 0.306 e. The van der Waals surface area contributed by atoms with Crippen molar-refractivity contribution in [2.75, 3.05) is 6.61 Å². The van der Waals surface area contributed by atoms with E-state index in [-0.39, 0.29) is 18.0 Å². The Labute approximate surface area is 148 Å². The Hall–Kier alpha value is -1.06. The fourth-order valence-electron chi connectivity index (χ4n) is 2.67. The van der Waals surface area contributed by atoms with Gasteiger partial charge in [0.2, 0.25) is 0 Å². The zero-order valence-electron chi connectivity index (χ0n) is 16.3. The molecule has 0 spiro atoms. The summed E-state index contributed by atoms with van der Waals surface area (Å²) < 4.78 is 10.5. The minimum atomic E-state index is -0.163. The minimum Gasteiger partial charge on any atom is -0.466 e. The lowest BCUT2D eigenvalue weighted by atomic mass is 10.1. The predicted molar refractivity (Wildman–Crippen MR) is 97.8 cm³/mol. The van der Waals surface area contributed by atoms with Crippen LogP contribution in [0.2, 0.25) is 0 Å². The number of carbonyl (C=O) groups is 2. The number of ether oxygens (including phenoxy) is 2. The highest BCUT2D eigenvalue weighted by molar-refractivity contribution is 5.70. The van der Waals surface area contributed by atoms with Crippen LogP contribution in [0.25, 0.3) is 0 Å². The molecule has 0 bridgehead atoms. The first kappa shape index (κ1) is 22.9. The van der Waals surface area contributed by atoms with Crippen molar-refractivity contribution in [2.24, 2.45) is 5.92 Å². The fraction of sp³-hybridized carbons (Fsp3) is 0.900. The standard InChI is InChI=1S/C20H38O4/c1-5-6-7-8-9-12-15-23-19(21)13-10-11-14-20(22)24-18(4)16-17(2)3/h17-18H,5-16H2,1-4H3. The summed E-state index contributed by atoms with van der Waals surface area (Å²) in [6, 6.07) is 0. The van der Waals surface area contributed by atoms with Gasteiger partial charge in [-0.3, -0.25) is 9.59 Å². The number of hydrogen-bond donors (Lipinski definition) is 0. The predicted octanol–water partition coefficient (Wildman–Crippen LogP) is 5.43. The summed E-state index contributed by atoms with van der Waals surface area (Å²) in [4.78, 5) is 23.2. The molecule has 4 nitrogen and oxygen atoms in total. The third kappa shape index (κ3) is 15.8. The Morgan fingerprint density at radius 2 is 1.38 bits per heavy atom. The lowest BCUT2D eigenvalue weighted by Crippen LogP contribution is -2.16. The highest BCUT2D eigenvalue weighted by Gasteiger charge is 2.11. The molecule has 0 N–H and O–H groups in total. The summed E-state index contributed by atoms with van der Waals surface area (Å²) in [5.74, 6) is 0.211. The topological polar surface area (TPSA) is 52.6 Å². The van der Waals surface area contributed by atoms with E-state index in [4.69, 9.17) is 9.47 Å².